The molecule has 1 saturated carbocycles. The highest BCUT2D eigenvalue weighted by Crippen LogP contribution is 2.24. The Bertz CT molecular complexity index is 697. The van der Waals surface area contributed by atoms with Gasteiger partial charge in [-0.25, -0.2) is 0 Å². The highest BCUT2D eigenvalue weighted by Gasteiger charge is 2.21. The van der Waals surface area contributed by atoms with Gasteiger partial charge in [-0.1, -0.05) is 37.5 Å². The van der Waals surface area contributed by atoms with Gasteiger partial charge in [-0.2, -0.15) is 0 Å². The lowest BCUT2D eigenvalue weighted by Gasteiger charge is -2.20. The summed E-state index contributed by atoms with van der Waals surface area (Å²) < 4.78 is 5.33. The van der Waals surface area contributed by atoms with Gasteiger partial charge in [-0.3, -0.25) is 4.79 Å². The molecule has 0 bridgehead atoms. The molecule has 1 aliphatic rings. The smallest absolute Gasteiger partial charge is 0.228 e. The second-order valence-corrected chi connectivity index (χ2v) is 6.29. The zero-order chi connectivity index (χ0) is 17.5. The van der Waals surface area contributed by atoms with Crippen LogP contribution in [-0.2, 0) is 11.3 Å². The van der Waals surface area contributed by atoms with Crippen LogP contribution in [0.5, 0.6) is 5.75 Å². The van der Waals surface area contributed by atoms with Crippen LogP contribution in [0.3, 0.4) is 0 Å². The van der Waals surface area contributed by atoms with Gasteiger partial charge in [0.1, 0.15) is 11.6 Å². The van der Waals surface area contributed by atoms with Gasteiger partial charge in [-0.05, 0) is 31.0 Å². The first-order valence-electron chi connectivity index (χ1n) is 8.76. The van der Waals surface area contributed by atoms with E-state index in [4.69, 9.17) is 4.74 Å². The summed E-state index contributed by atoms with van der Waals surface area (Å²) in [6.45, 7) is 0.590. The van der Waals surface area contributed by atoms with Crippen molar-refractivity contribution < 1.29 is 9.53 Å². The van der Waals surface area contributed by atoms with Gasteiger partial charge in [0.05, 0.1) is 7.11 Å². The fourth-order valence-electron chi connectivity index (χ4n) is 3.12. The van der Waals surface area contributed by atoms with Crippen molar-refractivity contribution in [3.63, 3.8) is 0 Å². The maximum atomic E-state index is 12.2. The molecule has 1 aliphatic carbocycles. The summed E-state index contributed by atoms with van der Waals surface area (Å²) >= 11 is 0. The predicted molar refractivity (Wildman–Crippen MR) is 97.6 cm³/mol. The number of rotatable bonds is 6. The third kappa shape index (κ3) is 4.68. The molecule has 0 aliphatic heterocycles. The number of aromatic nitrogens is 2. The predicted octanol–water partition coefficient (Wildman–Crippen LogP) is 3.62. The summed E-state index contributed by atoms with van der Waals surface area (Å²) in [6.07, 6.45) is 5.44. The van der Waals surface area contributed by atoms with Crippen LogP contribution in [0.4, 0.5) is 11.6 Å². The number of ether oxygens (including phenoxy) is 1. The van der Waals surface area contributed by atoms with Gasteiger partial charge in [0.25, 0.3) is 0 Å². The summed E-state index contributed by atoms with van der Waals surface area (Å²) in [5, 5.41) is 14.3. The van der Waals surface area contributed by atoms with E-state index < -0.39 is 0 Å². The number of nitrogens with one attached hydrogen (secondary N) is 2. The lowest BCUT2D eigenvalue weighted by atomic mass is 9.89. The maximum absolute atomic E-state index is 12.2. The summed E-state index contributed by atoms with van der Waals surface area (Å²) in [7, 11) is 1.66. The standard InChI is InChI=1S/C19H24N4O2/c1-25-16-10-6-5-9-15(16)13-20-17-11-12-18(23-22-17)21-19(24)14-7-3-2-4-8-14/h5-6,9-12,14H,2-4,7-8,13H2,1H3,(H,20,22)(H,21,23,24). The van der Waals surface area contributed by atoms with Gasteiger partial charge < -0.3 is 15.4 Å². The van der Waals surface area contributed by atoms with Crippen molar-refractivity contribution >= 4 is 17.5 Å². The monoisotopic (exact) mass is 340 g/mol. The van der Waals surface area contributed by atoms with E-state index >= 15 is 0 Å². The van der Waals surface area contributed by atoms with E-state index in [0.717, 1.165) is 37.0 Å². The molecule has 0 unspecified atom stereocenters. The normalized spacial score (nSPS) is 14.8. The molecule has 132 valence electrons. The number of anilines is 2. The molecule has 0 spiro atoms. The third-order valence-electron chi connectivity index (χ3n) is 4.54. The number of amides is 1. The van der Waals surface area contributed by atoms with E-state index in [1.165, 1.54) is 6.42 Å². The van der Waals surface area contributed by atoms with Crippen LogP contribution in [0.15, 0.2) is 36.4 Å². The number of carbonyl (C=O) groups excluding carboxylic acids is 1. The molecule has 0 saturated heterocycles. The number of hydrogen-bond donors (Lipinski definition) is 2. The molecule has 1 heterocycles. The van der Waals surface area contributed by atoms with Gasteiger partial charge in [0.15, 0.2) is 5.82 Å². The molecule has 1 aromatic heterocycles. The van der Waals surface area contributed by atoms with Crippen LogP contribution in [0.2, 0.25) is 0 Å². The second kappa shape index (κ2) is 8.46. The van der Waals surface area contributed by atoms with E-state index in [1.54, 1.807) is 13.2 Å². The molecule has 0 atom stereocenters. The first kappa shape index (κ1) is 17.2. The quantitative estimate of drug-likeness (QED) is 0.840. The van der Waals surface area contributed by atoms with E-state index in [0.29, 0.717) is 18.2 Å². The first-order chi connectivity index (χ1) is 12.3. The number of methoxy groups -OCH3 is 1. The molecular weight excluding hydrogens is 316 g/mol. The molecule has 25 heavy (non-hydrogen) atoms. The van der Waals surface area contributed by atoms with Gasteiger partial charge >= 0.3 is 0 Å². The molecule has 0 radical (unpaired) electrons. The van der Waals surface area contributed by atoms with Crippen LogP contribution in [0, 0.1) is 5.92 Å². The minimum Gasteiger partial charge on any atom is -0.496 e. The van der Waals surface area contributed by atoms with Gasteiger partial charge in [-0.15, -0.1) is 10.2 Å². The molecule has 6 nitrogen and oxygen atoms in total. The average molecular weight is 340 g/mol. The molecule has 1 fully saturated rings. The lowest BCUT2D eigenvalue weighted by Crippen LogP contribution is -2.25. The highest BCUT2D eigenvalue weighted by atomic mass is 16.5. The van der Waals surface area contributed by atoms with Crippen molar-refractivity contribution in [2.45, 2.75) is 38.6 Å². The zero-order valence-electron chi connectivity index (χ0n) is 14.5. The minimum atomic E-state index is 0.0590. The Kier molecular flexibility index (Phi) is 5.82. The summed E-state index contributed by atoms with van der Waals surface area (Å²) in [5.74, 6) is 2.15. The van der Waals surface area contributed by atoms with Crippen molar-refractivity contribution in [3.05, 3.63) is 42.0 Å². The van der Waals surface area contributed by atoms with E-state index in [1.807, 2.05) is 30.3 Å². The molecule has 6 heteroatoms. The Hall–Kier alpha value is -2.63. The fraction of sp³-hybridized carbons (Fsp3) is 0.421. The Morgan fingerprint density at radius 1 is 1.08 bits per heavy atom. The van der Waals surface area contributed by atoms with Crippen LogP contribution in [-0.4, -0.2) is 23.2 Å². The topological polar surface area (TPSA) is 76.1 Å². The van der Waals surface area contributed by atoms with Crippen molar-refractivity contribution in [2.24, 2.45) is 5.92 Å². The minimum absolute atomic E-state index is 0.0590. The van der Waals surface area contributed by atoms with Crippen LogP contribution in [0.25, 0.3) is 0 Å². The Morgan fingerprint density at radius 3 is 2.52 bits per heavy atom. The fourth-order valence-corrected chi connectivity index (χ4v) is 3.12. The average Bonchev–Trinajstić information content (AvgIpc) is 2.68. The molecule has 2 aromatic rings. The number of hydrogen-bond acceptors (Lipinski definition) is 5. The molecule has 3 rings (SSSR count). The van der Waals surface area contributed by atoms with Crippen LogP contribution < -0.4 is 15.4 Å². The van der Waals surface area contributed by atoms with Crippen LogP contribution in [0.1, 0.15) is 37.7 Å². The molecular formula is C19H24N4O2. The van der Waals surface area contributed by atoms with Crippen molar-refractivity contribution in [1.82, 2.24) is 10.2 Å². The molecule has 1 aromatic carbocycles. The summed E-state index contributed by atoms with van der Waals surface area (Å²) in [4.78, 5) is 12.2. The second-order valence-electron chi connectivity index (χ2n) is 6.29. The number of para-hydroxylation sites is 1. The number of carbonyl (C=O) groups is 1. The van der Waals surface area contributed by atoms with Crippen molar-refractivity contribution in [3.8, 4) is 5.75 Å². The third-order valence-corrected chi connectivity index (χ3v) is 4.54. The van der Waals surface area contributed by atoms with Crippen molar-refractivity contribution in [1.29, 1.82) is 0 Å². The first-order valence-corrected chi connectivity index (χ1v) is 8.76. The highest BCUT2D eigenvalue weighted by molar-refractivity contribution is 5.91. The van der Waals surface area contributed by atoms with E-state index in [9.17, 15) is 4.79 Å². The van der Waals surface area contributed by atoms with E-state index in [2.05, 4.69) is 20.8 Å². The zero-order valence-corrected chi connectivity index (χ0v) is 14.5. The maximum Gasteiger partial charge on any atom is 0.228 e. The summed E-state index contributed by atoms with van der Waals surface area (Å²) in [5.41, 5.74) is 1.04. The lowest BCUT2D eigenvalue weighted by molar-refractivity contribution is -0.120. The Morgan fingerprint density at radius 2 is 1.80 bits per heavy atom. The SMILES string of the molecule is COc1ccccc1CNc1ccc(NC(=O)C2CCCCC2)nn1. The Balaban J connectivity index is 1.54. The van der Waals surface area contributed by atoms with Gasteiger partial charge in [0.2, 0.25) is 5.91 Å². The Labute approximate surface area is 148 Å². The molecule has 2 N–H and O–H groups in total. The van der Waals surface area contributed by atoms with Gasteiger partial charge in [0, 0.05) is 18.0 Å². The van der Waals surface area contributed by atoms with Crippen LogP contribution >= 0.6 is 0 Å². The molecule has 1 amide bonds. The number of benzene rings is 1. The largest absolute Gasteiger partial charge is 0.496 e. The van der Waals surface area contributed by atoms with Crippen molar-refractivity contribution in [2.75, 3.05) is 17.7 Å². The van der Waals surface area contributed by atoms with E-state index in [-0.39, 0.29) is 11.8 Å². The number of nitrogens with zero attached hydrogens (tertiary/aromatic N) is 2. The summed E-state index contributed by atoms with van der Waals surface area (Å²) in [6, 6.07) is 11.4.